The number of ether oxygens (including phenoxy) is 4. The molecule has 6 heterocycles. The van der Waals surface area contributed by atoms with Crippen LogP contribution in [-0.4, -0.2) is 41.4 Å². The molecule has 0 aliphatic carbocycles. The molecule has 35 heavy (non-hydrogen) atoms. The summed E-state index contributed by atoms with van der Waals surface area (Å²) in [6.45, 7) is 3.16. The molecule has 6 nitrogen and oxygen atoms in total. The van der Waals surface area contributed by atoms with Crippen molar-refractivity contribution in [2.75, 3.05) is 26.4 Å². The standard InChI is InChI=1S/C26H34N2O4Se.2BrH/c1-15-29-25(30-16-1)19-7-11-27(12-8-19)21-3-5-24-22(4-6-23(21)33-24)28-13-9-20(10-14-28)26-31-17-2-18-32-26;;/h7-14,21-26H,1-6,15-18H2;2*1H/q+2;;/p-2. The van der Waals surface area contributed by atoms with E-state index in [0.717, 1.165) is 60.0 Å². The fourth-order valence-electron chi connectivity index (χ4n) is 5.67. The molecule has 2 aromatic rings. The van der Waals surface area contributed by atoms with Crippen molar-refractivity contribution >= 4 is 15.0 Å². The molecule has 0 aromatic carbocycles. The van der Waals surface area contributed by atoms with Gasteiger partial charge in [0, 0.05) is 0 Å². The predicted molar refractivity (Wildman–Crippen MR) is 122 cm³/mol. The van der Waals surface area contributed by atoms with Crippen LogP contribution in [0.15, 0.2) is 49.1 Å². The van der Waals surface area contributed by atoms with Crippen LogP contribution in [0.3, 0.4) is 0 Å². The van der Waals surface area contributed by atoms with Crippen molar-refractivity contribution in [3.05, 3.63) is 60.2 Å². The summed E-state index contributed by atoms with van der Waals surface area (Å²) < 4.78 is 28.0. The first-order valence-corrected chi connectivity index (χ1v) is 14.5. The van der Waals surface area contributed by atoms with Gasteiger partial charge in [0.2, 0.25) is 0 Å². The second kappa shape index (κ2) is 12.9. The minimum atomic E-state index is -0.191. The molecule has 0 saturated carbocycles. The van der Waals surface area contributed by atoms with Crippen molar-refractivity contribution in [1.82, 2.24) is 0 Å². The molecule has 0 spiro atoms. The number of aromatic nitrogens is 2. The second-order valence-corrected chi connectivity index (χ2v) is 12.6. The molecule has 6 rings (SSSR count). The van der Waals surface area contributed by atoms with Crippen LogP contribution in [0.2, 0.25) is 9.63 Å². The summed E-state index contributed by atoms with van der Waals surface area (Å²) in [5.41, 5.74) is 2.27. The third-order valence-corrected chi connectivity index (χ3v) is 11.2. The van der Waals surface area contributed by atoms with E-state index in [-0.39, 0.29) is 46.5 Å². The Morgan fingerprint density at radius 2 is 0.943 bits per heavy atom. The van der Waals surface area contributed by atoms with Gasteiger partial charge in [0.05, 0.1) is 0 Å². The van der Waals surface area contributed by atoms with Crippen molar-refractivity contribution in [1.29, 1.82) is 0 Å². The van der Waals surface area contributed by atoms with Crippen molar-refractivity contribution in [3.8, 4) is 0 Å². The quantitative estimate of drug-likeness (QED) is 0.273. The third-order valence-electron chi connectivity index (χ3n) is 7.42. The fraction of sp³-hybridized carbons (Fsp3) is 0.615. The molecule has 4 fully saturated rings. The molecule has 4 unspecified atom stereocenters. The Morgan fingerprint density at radius 3 is 1.31 bits per heavy atom. The molecule has 2 bridgehead atoms. The predicted octanol–water partition coefficient (Wildman–Crippen LogP) is -2.21. The van der Waals surface area contributed by atoms with Gasteiger partial charge in [-0.3, -0.25) is 0 Å². The zero-order valence-corrected chi connectivity index (χ0v) is 24.7. The number of hydrogen-bond acceptors (Lipinski definition) is 4. The SMILES string of the molecule is [Br-].[Br-].c1c[n+](C2CCC3[Se]C2CCC3[n+]2ccc(C3OCCCO3)cc2)ccc1C1OCCCO1. The van der Waals surface area contributed by atoms with Crippen LogP contribution in [0.25, 0.3) is 0 Å². The maximum absolute atomic E-state index is 5.77. The average molecular weight is 677 g/mol. The number of fused-ring (bicyclic) bond motifs is 2. The molecule has 192 valence electrons. The van der Waals surface area contributed by atoms with Crippen LogP contribution < -0.4 is 43.1 Å². The van der Waals surface area contributed by atoms with E-state index in [0.29, 0.717) is 27.0 Å². The van der Waals surface area contributed by atoms with Gasteiger partial charge in [-0.25, -0.2) is 0 Å². The van der Waals surface area contributed by atoms with Crippen LogP contribution >= 0.6 is 0 Å². The number of rotatable bonds is 4. The minimum absolute atomic E-state index is 0. The topological polar surface area (TPSA) is 44.7 Å². The van der Waals surface area contributed by atoms with Gasteiger partial charge in [-0.2, -0.15) is 0 Å². The van der Waals surface area contributed by atoms with Crippen molar-refractivity contribution in [2.45, 2.75) is 72.8 Å². The Morgan fingerprint density at radius 1 is 0.571 bits per heavy atom. The van der Waals surface area contributed by atoms with Crippen molar-refractivity contribution < 1.29 is 62.0 Å². The second-order valence-electron chi connectivity index (χ2n) is 9.51. The van der Waals surface area contributed by atoms with Gasteiger partial charge in [0.15, 0.2) is 0 Å². The summed E-state index contributed by atoms with van der Waals surface area (Å²) >= 11 is 0.661. The van der Waals surface area contributed by atoms with Crippen LogP contribution in [0.5, 0.6) is 0 Å². The van der Waals surface area contributed by atoms with E-state index in [4.69, 9.17) is 18.9 Å². The Kier molecular flexibility index (Phi) is 10.2. The van der Waals surface area contributed by atoms with Gasteiger partial charge in [-0.05, 0) is 0 Å². The first-order valence-electron chi connectivity index (χ1n) is 12.5. The normalized spacial score (nSPS) is 29.6. The molecular formula is C26H34Br2N2O4Se. The number of hydrogen-bond donors (Lipinski definition) is 0. The van der Waals surface area contributed by atoms with E-state index < -0.39 is 0 Å². The van der Waals surface area contributed by atoms with Gasteiger partial charge in [-0.15, -0.1) is 0 Å². The van der Waals surface area contributed by atoms with Gasteiger partial charge < -0.3 is 34.0 Å². The fourth-order valence-corrected chi connectivity index (χ4v) is 9.67. The maximum atomic E-state index is 5.77. The molecular weight excluding hydrogens is 643 g/mol. The summed E-state index contributed by atoms with van der Waals surface area (Å²) in [5, 5.41) is 0. The van der Waals surface area contributed by atoms with Crippen LogP contribution in [-0.2, 0) is 18.9 Å². The van der Waals surface area contributed by atoms with Gasteiger partial charge in [-0.1, -0.05) is 0 Å². The Hall–Kier alpha value is -0.381. The molecule has 4 aliphatic rings. The Labute approximate surface area is 235 Å². The first-order chi connectivity index (χ1) is 16.3. The zero-order valence-electron chi connectivity index (χ0n) is 19.8. The van der Waals surface area contributed by atoms with Crippen molar-refractivity contribution in [3.63, 3.8) is 0 Å². The Bertz CT molecular complexity index is 848. The van der Waals surface area contributed by atoms with E-state index in [1.165, 1.54) is 25.7 Å². The molecule has 9 heteroatoms. The van der Waals surface area contributed by atoms with E-state index >= 15 is 0 Å². The molecule has 4 aliphatic heterocycles. The van der Waals surface area contributed by atoms with Crippen LogP contribution in [0, 0.1) is 0 Å². The molecule has 0 amide bonds. The van der Waals surface area contributed by atoms with Gasteiger partial charge >= 0.3 is 202 Å². The first kappa shape index (κ1) is 27.6. The molecule has 4 atom stereocenters. The molecule has 2 aromatic heterocycles. The number of halogens is 2. The van der Waals surface area contributed by atoms with Crippen LogP contribution in [0.1, 0.15) is 74.3 Å². The summed E-state index contributed by atoms with van der Waals surface area (Å²) in [4.78, 5) is 1.66. The van der Waals surface area contributed by atoms with E-state index in [1.807, 2.05) is 0 Å². The molecule has 0 radical (unpaired) electrons. The Balaban J connectivity index is 0.00000144. The van der Waals surface area contributed by atoms with E-state index in [1.54, 1.807) is 0 Å². The van der Waals surface area contributed by atoms with E-state index in [9.17, 15) is 0 Å². The summed E-state index contributed by atoms with van der Waals surface area (Å²) in [5.74, 6) is 0. The van der Waals surface area contributed by atoms with Crippen molar-refractivity contribution in [2.24, 2.45) is 0 Å². The number of nitrogens with zero attached hydrogens (tertiary/aromatic N) is 2. The number of pyridine rings is 2. The van der Waals surface area contributed by atoms with E-state index in [2.05, 4.69) is 58.2 Å². The summed E-state index contributed by atoms with van der Waals surface area (Å²) in [6.07, 6.45) is 15.8. The summed E-state index contributed by atoms with van der Waals surface area (Å²) in [7, 11) is 0. The zero-order chi connectivity index (χ0) is 22.0. The average Bonchev–Trinajstić information content (AvgIpc) is 2.90. The third kappa shape index (κ3) is 6.20. The van der Waals surface area contributed by atoms with Gasteiger partial charge in [0.1, 0.15) is 0 Å². The molecule has 0 N–H and O–H groups in total. The monoisotopic (exact) mass is 676 g/mol. The summed E-state index contributed by atoms with van der Waals surface area (Å²) in [6, 6.07) is 10.0. The van der Waals surface area contributed by atoms with Crippen LogP contribution in [0.4, 0.5) is 0 Å². The van der Waals surface area contributed by atoms with Gasteiger partial charge in [0.25, 0.3) is 0 Å². The molecule has 4 saturated heterocycles.